The molecule has 3 aromatic rings. The third-order valence-electron chi connectivity index (χ3n) is 6.05. The lowest BCUT2D eigenvalue weighted by molar-refractivity contribution is -0.139. The number of amides is 2. The van der Waals surface area contributed by atoms with Crippen molar-refractivity contribution in [2.75, 3.05) is 13.1 Å². The van der Waals surface area contributed by atoms with Gasteiger partial charge in [0.25, 0.3) is 11.8 Å². The van der Waals surface area contributed by atoms with E-state index in [1.165, 1.54) is 0 Å². The van der Waals surface area contributed by atoms with E-state index in [0.717, 1.165) is 10.9 Å². The van der Waals surface area contributed by atoms with Crippen molar-refractivity contribution in [1.29, 1.82) is 0 Å². The Kier molecular flexibility index (Phi) is 6.22. The van der Waals surface area contributed by atoms with Gasteiger partial charge in [-0.1, -0.05) is 29.3 Å². The fraction of sp³-hybridized carbons (Fsp3) is 0.250. The fourth-order valence-electron chi connectivity index (χ4n) is 4.12. The average Bonchev–Trinajstić information content (AvgIpc) is 3.54. The molecule has 1 unspecified atom stereocenters. The van der Waals surface area contributed by atoms with Crippen LogP contribution in [-0.4, -0.2) is 59.3 Å². The molecule has 35 heavy (non-hydrogen) atoms. The van der Waals surface area contributed by atoms with E-state index in [9.17, 15) is 19.5 Å². The molecule has 2 aliphatic rings. The minimum absolute atomic E-state index is 0.00716. The molecule has 0 aliphatic carbocycles. The molecule has 0 spiro atoms. The maximum atomic E-state index is 13.1. The second-order valence-electron chi connectivity index (χ2n) is 8.35. The van der Waals surface area contributed by atoms with Crippen LogP contribution in [0.15, 0.2) is 46.0 Å². The molecule has 3 N–H and O–H groups in total. The van der Waals surface area contributed by atoms with Gasteiger partial charge in [0.1, 0.15) is 17.8 Å². The lowest BCUT2D eigenvalue weighted by Crippen LogP contribution is -2.48. The monoisotopic (exact) mass is 514 g/mol. The van der Waals surface area contributed by atoms with Crippen molar-refractivity contribution in [3.63, 3.8) is 0 Å². The zero-order valence-electron chi connectivity index (χ0n) is 18.3. The molecular weight excluding hydrogens is 495 g/mol. The van der Waals surface area contributed by atoms with E-state index in [0.29, 0.717) is 29.7 Å². The molecule has 180 valence electrons. The normalized spacial score (nSPS) is 17.2. The van der Waals surface area contributed by atoms with E-state index in [1.807, 2.05) is 12.1 Å². The number of carboxylic acid groups (broad SMARTS) is 1. The third-order valence-corrected chi connectivity index (χ3v) is 6.77. The number of hydrogen-bond donors (Lipinski definition) is 3. The zero-order valence-corrected chi connectivity index (χ0v) is 19.8. The highest BCUT2D eigenvalue weighted by Gasteiger charge is 2.30. The highest BCUT2D eigenvalue weighted by Crippen LogP contribution is 2.35. The number of carbonyl (C=O) groups excluding carboxylic acids is 2. The van der Waals surface area contributed by atoms with Crippen LogP contribution in [-0.2, 0) is 17.8 Å². The molecule has 2 aromatic carbocycles. The Morgan fingerprint density at radius 1 is 1.23 bits per heavy atom. The van der Waals surface area contributed by atoms with Crippen molar-refractivity contribution in [3.05, 3.63) is 68.9 Å². The largest absolute Gasteiger partial charge is 0.480 e. The number of aliphatic imine (C=N–C) groups is 1. The molecule has 0 fully saturated rings. The number of carbonyl (C=O) groups is 3. The summed E-state index contributed by atoms with van der Waals surface area (Å²) in [7, 11) is 0. The van der Waals surface area contributed by atoms with Gasteiger partial charge < -0.3 is 19.7 Å². The van der Waals surface area contributed by atoms with Crippen LogP contribution < -0.4 is 10.6 Å². The minimum Gasteiger partial charge on any atom is -0.480 e. The number of fused-ring (bicyclic) bond motifs is 2. The Hall–Kier alpha value is -3.40. The van der Waals surface area contributed by atoms with Crippen LogP contribution in [0.25, 0.3) is 11.0 Å². The third kappa shape index (κ3) is 4.75. The number of benzene rings is 2. The van der Waals surface area contributed by atoms with Gasteiger partial charge in [0.15, 0.2) is 0 Å². The molecule has 3 heterocycles. The van der Waals surface area contributed by atoms with Crippen LogP contribution in [0.5, 0.6) is 0 Å². The van der Waals surface area contributed by atoms with Gasteiger partial charge in [0, 0.05) is 36.8 Å². The van der Waals surface area contributed by atoms with Crippen molar-refractivity contribution in [1.82, 2.24) is 15.5 Å². The Balaban J connectivity index is 1.33. The summed E-state index contributed by atoms with van der Waals surface area (Å²) in [5.41, 5.74) is 2.60. The SMILES string of the molecule is O=C(N[C@@H](CNC1C=N1)C(=O)O)c1c(Cl)cc2c(c1Cl)CCN(C(=O)c1ccc3ccoc3c1)C2. The first-order valence-corrected chi connectivity index (χ1v) is 11.6. The Bertz CT molecular complexity index is 1380. The molecule has 2 atom stereocenters. The Labute approximate surface area is 209 Å². The molecule has 11 heteroatoms. The summed E-state index contributed by atoms with van der Waals surface area (Å²) in [4.78, 5) is 43.2. The summed E-state index contributed by atoms with van der Waals surface area (Å²) in [5.74, 6) is -2.03. The van der Waals surface area contributed by atoms with E-state index < -0.39 is 17.9 Å². The first-order chi connectivity index (χ1) is 16.8. The molecule has 5 rings (SSSR count). The molecule has 1 aromatic heterocycles. The topological polar surface area (TPSA) is 124 Å². The quantitative estimate of drug-likeness (QED) is 0.444. The predicted octanol–water partition coefficient (Wildman–Crippen LogP) is 3.12. The van der Waals surface area contributed by atoms with Crippen LogP contribution in [0, 0.1) is 0 Å². The molecule has 0 radical (unpaired) electrons. The fourth-order valence-corrected chi connectivity index (χ4v) is 4.88. The Morgan fingerprint density at radius 3 is 2.77 bits per heavy atom. The summed E-state index contributed by atoms with van der Waals surface area (Å²) >= 11 is 13.0. The molecular formula is C24H20Cl2N4O5. The summed E-state index contributed by atoms with van der Waals surface area (Å²) in [6.07, 6.45) is 3.42. The number of furan rings is 1. The van der Waals surface area contributed by atoms with Crippen molar-refractivity contribution in [2.45, 2.75) is 25.2 Å². The average molecular weight is 515 g/mol. The number of carboxylic acids is 1. The Morgan fingerprint density at radius 2 is 2.03 bits per heavy atom. The summed E-state index contributed by atoms with van der Waals surface area (Å²) in [6, 6.07) is 7.55. The zero-order chi connectivity index (χ0) is 24.7. The lowest BCUT2D eigenvalue weighted by atomic mass is 9.96. The number of aliphatic carboxylic acids is 1. The highest BCUT2D eigenvalue weighted by atomic mass is 35.5. The lowest BCUT2D eigenvalue weighted by Gasteiger charge is -2.30. The number of hydrogen-bond acceptors (Lipinski definition) is 6. The van der Waals surface area contributed by atoms with Crippen molar-refractivity contribution >= 4 is 58.2 Å². The molecule has 0 bridgehead atoms. The van der Waals surface area contributed by atoms with E-state index in [4.69, 9.17) is 27.6 Å². The van der Waals surface area contributed by atoms with Gasteiger partial charge >= 0.3 is 5.97 Å². The summed E-state index contributed by atoms with van der Waals surface area (Å²) < 4.78 is 5.40. The highest BCUT2D eigenvalue weighted by molar-refractivity contribution is 6.40. The minimum atomic E-state index is -1.20. The maximum absolute atomic E-state index is 13.1. The standard InChI is InChI=1S/C24H20Cl2N4O5/c25-16-7-14-11-30(23(32)13-2-1-12-4-6-35-18(12)8-13)5-3-15(14)21(26)20(16)22(31)29-17(24(33)34)9-27-19-10-28-19/h1-2,4,6-8,10,17,19,27H,3,5,9,11H2,(H,29,31)(H,33,34)/t17-,19?/m0/s1. The smallest absolute Gasteiger partial charge is 0.327 e. The molecule has 0 saturated heterocycles. The van der Waals surface area contributed by atoms with Gasteiger partial charge in [0.2, 0.25) is 0 Å². The van der Waals surface area contributed by atoms with Crippen LogP contribution in [0.2, 0.25) is 10.0 Å². The second kappa shape index (κ2) is 9.33. The number of nitrogens with zero attached hydrogens (tertiary/aromatic N) is 2. The first kappa shape index (κ1) is 23.3. The summed E-state index contributed by atoms with van der Waals surface area (Å²) in [5, 5.41) is 16.0. The first-order valence-electron chi connectivity index (χ1n) is 10.9. The van der Waals surface area contributed by atoms with Crippen molar-refractivity contribution in [3.8, 4) is 0 Å². The van der Waals surface area contributed by atoms with E-state index >= 15 is 0 Å². The molecule has 9 nitrogen and oxygen atoms in total. The van der Waals surface area contributed by atoms with E-state index in [1.54, 1.807) is 35.6 Å². The van der Waals surface area contributed by atoms with Gasteiger partial charge in [-0.2, -0.15) is 0 Å². The molecule has 2 aliphatic heterocycles. The van der Waals surface area contributed by atoms with Crippen LogP contribution in [0.1, 0.15) is 31.8 Å². The number of nitrogens with one attached hydrogen (secondary N) is 2. The molecule has 2 amide bonds. The number of rotatable bonds is 7. The van der Waals surface area contributed by atoms with Crippen molar-refractivity contribution < 1.29 is 23.9 Å². The van der Waals surface area contributed by atoms with Crippen LogP contribution >= 0.6 is 23.2 Å². The van der Waals surface area contributed by atoms with E-state index in [-0.39, 0.29) is 40.8 Å². The van der Waals surface area contributed by atoms with Crippen LogP contribution in [0.3, 0.4) is 0 Å². The van der Waals surface area contributed by atoms with Gasteiger partial charge in [-0.25, -0.2) is 4.79 Å². The molecule has 0 saturated carbocycles. The maximum Gasteiger partial charge on any atom is 0.327 e. The van der Waals surface area contributed by atoms with Crippen molar-refractivity contribution in [2.24, 2.45) is 4.99 Å². The number of halogens is 2. The second-order valence-corrected chi connectivity index (χ2v) is 9.14. The van der Waals surface area contributed by atoms with Gasteiger partial charge in [-0.15, -0.1) is 0 Å². The summed E-state index contributed by atoms with van der Waals surface area (Å²) in [6.45, 7) is 0.662. The van der Waals surface area contributed by atoms with Gasteiger partial charge in [-0.05, 0) is 41.8 Å². The van der Waals surface area contributed by atoms with Gasteiger partial charge in [0.05, 0.1) is 21.9 Å². The predicted molar refractivity (Wildman–Crippen MR) is 130 cm³/mol. The van der Waals surface area contributed by atoms with Gasteiger partial charge in [-0.3, -0.25) is 19.9 Å². The van der Waals surface area contributed by atoms with Crippen LogP contribution in [0.4, 0.5) is 0 Å². The van der Waals surface area contributed by atoms with E-state index in [2.05, 4.69) is 15.6 Å².